The molecule has 0 amide bonds. The van der Waals surface area contributed by atoms with E-state index >= 15 is 0 Å². The summed E-state index contributed by atoms with van der Waals surface area (Å²) in [6.07, 6.45) is 5.35. The molecule has 0 radical (unpaired) electrons. The van der Waals surface area contributed by atoms with Crippen molar-refractivity contribution in [3.05, 3.63) is 53.1 Å². The van der Waals surface area contributed by atoms with Crippen molar-refractivity contribution in [2.75, 3.05) is 26.2 Å². The van der Waals surface area contributed by atoms with Gasteiger partial charge in [-0.1, -0.05) is 30.3 Å². The maximum Gasteiger partial charge on any atom is 0.106 e. The molecule has 1 aromatic carbocycles. The minimum atomic E-state index is 0.251. The molecule has 0 bridgehead atoms. The number of benzene rings is 1. The fraction of sp³-hybridized carbons (Fsp3) is 0.640. The number of imidazole rings is 1. The lowest BCUT2D eigenvalue weighted by atomic mass is 9.72. The fourth-order valence-corrected chi connectivity index (χ4v) is 5.79. The highest BCUT2D eigenvalue weighted by atomic mass is 15.2. The molecular formula is C25H36N4. The Morgan fingerprint density at radius 1 is 1.07 bits per heavy atom. The zero-order valence-electron chi connectivity index (χ0n) is 18.4. The zero-order valence-corrected chi connectivity index (χ0v) is 18.4. The molecule has 1 aliphatic carbocycles. The Bertz CT molecular complexity index is 841. The molecule has 4 nitrogen and oxygen atoms in total. The molecule has 156 valence electrons. The lowest BCUT2D eigenvalue weighted by molar-refractivity contribution is 0.0873. The number of likely N-dealkylation sites (tertiary alicyclic amines) is 1. The van der Waals surface area contributed by atoms with Crippen LogP contribution >= 0.6 is 0 Å². The SMILES string of the molecule is Cc1nc2c(n1C(C)C)CN(CC1CC1)CC21CCN(Cc2ccccc2)CC1. The van der Waals surface area contributed by atoms with E-state index in [1.807, 2.05) is 0 Å². The minimum Gasteiger partial charge on any atom is -0.328 e. The van der Waals surface area contributed by atoms with Crippen LogP contribution in [0.4, 0.5) is 0 Å². The molecule has 0 N–H and O–H groups in total. The molecule has 1 saturated carbocycles. The number of fused-ring (bicyclic) bond motifs is 2. The maximum atomic E-state index is 5.21. The van der Waals surface area contributed by atoms with Crippen molar-refractivity contribution < 1.29 is 0 Å². The van der Waals surface area contributed by atoms with Crippen LogP contribution in [-0.2, 0) is 18.5 Å². The summed E-state index contributed by atoms with van der Waals surface area (Å²) in [5.41, 5.74) is 4.64. The van der Waals surface area contributed by atoms with Crippen LogP contribution < -0.4 is 0 Å². The molecule has 29 heavy (non-hydrogen) atoms. The van der Waals surface area contributed by atoms with Gasteiger partial charge < -0.3 is 4.57 Å². The standard InChI is InChI=1S/C25H36N4/c1-19(2)29-20(3)26-24-23(29)17-28(16-22-9-10-22)18-25(24)11-13-27(14-12-25)15-21-7-5-4-6-8-21/h4-8,19,22H,9-18H2,1-3H3. The Balaban J connectivity index is 1.39. The van der Waals surface area contributed by atoms with Gasteiger partial charge in [-0.3, -0.25) is 9.80 Å². The smallest absolute Gasteiger partial charge is 0.106 e. The molecule has 2 fully saturated rings. The first-order valence-electron chi connectivity index (χ1n) is 11.6. The lowest BCUT2D eigenvalue weighted by Crippen LogP contribution is -2.52. The molecule has 3 heterocycles. The third kappa shape index (κ3) is 3.77. The van der Waals surface area contributed by atoms with E-state index in [-0.39, 0.29) is 5.41 Å². The summed E-state index contributed by atoms with van der Waals surface area (Å²) in [4.78, 5) is 10.6. The number of hydrogen-bond acceptors (Lipinski definition) is 3. The van der Waals surface area contributed by atoms with E-state index in [0.29, 0.717) is 6.04 Å². The van der Waals surface area contributed by atoms with Gasteiger partial charge in [0.15, 0.2) is 0 Å². The molecule has 1 spiro atoms. The first-order valence-corrected chi connectivity index (χ1v) is 11.6. The van der Waals surface area contributed by atoms with E-state index in [1.54, 1.807) is 0 Å². The van der Waals surface area contributed by atoms with Crippen molar-refractivity contribution in [1.82, 2.24) is 19.4 Å². The predicted octanol–water partition coefficient (Wildman–Crippen LogP) is 4.53. The van der Waals surface area contributed by atoms with Gasteiger partial charge >= 0.3 is 0 Å². The highest BCUT2D eigenvalue weighted by molar-refractivity contribution is 5.31. The zero-order chi connectivity index (χ0) is 20.0. The first-order chi connectivity index (χ1) is 14.0. The quantitative estimate of drug-likeness (QED) is 0.747. The number of nitrogens with zero attached hydrogens (tertiary/aromatic N) is 4. The molecule has 5 rings (SSSR count). The molecule has 2 aliphatic heterocycles. The number of aryl methyl sites for hydroxylation is 1. The van der Waals surface area contributed by atoms with Gasteiger partial charge in [-0.2, -0.15) is 0 Å². The van der Waals surface area contributed by atoms with Gasteiger partial charge in [0, 0.05) is 37.6 Å². The van der Waals surface area contributed by atoms with Crippen LogP contribution in [0.3, 0.4) is 0 Å². The average molecular weight is 393 g/mol. The first kappa shape index (κ1) is 19.3. The third-order valence-electron chi connectivity index (χ3n) is 7.38. The molecule has 0 atom stereocenters. The predicted molar refractivity (Wildman–Crippen MR) is 118 cm³/mol. The molecule has 4 heteroatoms. The summed E-state index contributed by atoms with van der Waals surface area (Å²) >= 11 is 0. The molecule has 0 unspecified atom stereocenters. The fourth-order valence-electron chi connectivity index (χ4n) is 5.79. The summed E-state index contributed by atoms with van der Waals surface area (Å²) in [6.45, 7) is 13.9. The van der Waals surface area contributed by atoms with E-state index in [4.69, 9.17) is 4.98 Å². The van der Waals surface area contributed by atoms with Crippen molar-refractivity contribution in [3.63, 3.8) is 0 Å². The Morgan fingerprint density at radius 3 is 2.45 bits per heavy atom. The van der Waals surface area contributed by atoms with E-state index in [0.717, 1.165) is 19.0 Å². The van der Waals surface area contributed by atoms with Gasteiger partial charge in [0.2, 0.25) is 0 Å². The minimum absolute atomic E-state index is 0.251. The van der Waals surface area contributed by atoms with E-state index in [1.165, 1.54) is 74.6 Å². The van der Waals surface area contributed by atoms with Crippen LogP contribution in [-0.4, -0.2) is 45.5 Å². The van der Waals surface area contributed by atoms with Gasteiger partial charge in [-0.15, -0.1) is 0 Å². The number of hydrogen-bond donors (Lipinski definition) is 0. The normalized spacial score (nSPS) is 22.3. The van der Waals surface area contributed by atoms with Crippen LogP contribution in [0.1, 0.15) is 68.3 Å². The van der Waals surface area contributed by atoms with E-state index in [9.17, 15) is 0 Å². The Morgan fingerprint density at radius 2 is 1.79 bits per heavy atom. The van der Waals surface area contributed by atoms with E-state index in [2.05, 4.69) is 65.5 Å². The maximum absolute atomic E-state index is 5.21. The van der Waals surface area contributed by atoms with Crippen molar-refractivity contribution >= 4 is 0 Å². The number of rotatable bonds is 5. The van der Waals surface area contributed by atoms with Gasteiger partial charge in [0.25, 0.3) is 0 Å². The van der Waals surface area contributed by atoms with Crippen molar-refractivity contribution in [3.8, 4) is 0 Å². The second kappa shape index (κ2) is 7.55. The summed E-state index contributed by atoms with van der Waals surface area (Å²) in [5, 5.41) is 0. The van der Waals surface area contributed by atoms with Crippen molar-refractivity contribution in [1.29, 1.82) is 0 Å². The van der Waals surface area contributed by atoms with Crippen LogP contribution in [0.2, 0.25) is 0 Å². The summed E-state index contributed by atoms with van der Waals surface area (Å²) in [5.74, 6) is 2.16. The molecule has 1 saturated heterocycles. The Kier molecular flexibility index (Phi) is 5.03. The molecular weight excluding hydrogens is 356 g/mol. The third-order valence-corrected chi connectivity index (χ3v) is 7.38. The average Bonchev–Trinajstić information content (AvgIpc) is 3.44. The summed E-state index contributed by atoms with van der Waals surface area (Å²) < 4.78 is 2.52. The van der Waals surface area contributed by atoms with Gasteiger partial charge in [-0.05, 0) is 71.0 Å². The Labute approximate surface area is 175 Å². The number of piperidine rings is 1. The van der Waals surface area contributed by atoms with Crippen LogP contribution in [0.5, 0.6) is 0 Å². The topological polar surface area (TPSA) is 24.3 Å². The summed E-state index contributed by atoms with van der Waals surface area (Å²) in [7, 11) is 0. The van der Waals surface area contributed by atoms with Crippen LogP contribution in [0.25, 0.3) is 0 Å². The number of aromatic nitrogens is 2. The van der Waals surface area contributed by atoms with Crippen molar-refractivity contribution in [2.24, 2.45) is 5.92 Å². The monoisotopic (exact) mass is 392 g/mol. The van der Waals surface area contributed by atoms with Gasteiger partial charge in [-0.25, -0.2) is 4.98 Å². The lowest BCUT2D eigenvalue weighted by Gasteiger charge is -2.47. The van der Waals surface area contributed by atoms with Crippen molar-refractivity contribution in [2.45, 2.75) is 71.0 Å². The van der Waals surface area contributed by atoms with E-state index < -0.39 is 0 Å². The molecule has 3 aliphatic rings. The second-order valence-electron chi connectivity index (χ2n) is 10.1. The molecule has 2 aromatic rings. The largest absolute Gasteiger partial charge is 0.328 e. The highest BCUT2D eigenvalue weighted by Crippen LogP contribution is 2.43. The highest BCUT2D eigenvalue weighted by Gasteiger charge is 2.46. The second-order valence-corrected chi connectivity index (χ2v) is 10.1. The molecule has 1 aromatic heterocycles. The Hall–Kier alpha value is -1.65. The van der Waals surface area contributed by atoms with Crippen LogP contribution in [0.15, 0.2) is 30.3 Å². The summed E-state index contributed by atoms with van der Waals surface area (Å²) in [6, 6.07) is 11.4. The van der Waals surface area contributed by atoms with Crippen LogP contribution in [0, 0.1) is 12.8 Å². The van der Waals surface area contributed by atoms with Gasteiger partial charge in [0.05, 0.1) is 11.4 Å². The van der Waals surface area contributed by atoms with Gasteiger partial charge in [0.1, 0.15) is 5.82 Å².